The zero-order valence-corrected chi connectivity index (χ0v) is 19.0. The first-order valence-corrected chi connectivity index (χ1v) is 11.1. The average molecular weight is 486 g/mol. The van der Waals surface area contributed by atoms with Crippen LogP contribution in [0.15, 0.2) is 30.3 Å². The number of nitrogens with zero attached hydrogens (tertiary/aromatic N) is 1. The Morgan fingerprint density at radius 1 is 1.26 bits per heavy atom. The van der Waals surface area contributed by atoms with E-state index in [0.29, 0.717) is 12.3 Å². The summed E-state index contributed by atoms with van der Waals surface area (Å²) in [5, 5.41) is 3.17. The van der Waals surface area contributed by atoms with Gasteiger partial charge in [-0.2, -0.15) is 0 Å². The van der Waals surface area contributed by atoms with Crippen LogP contribution in [-0.2, 0) is 16.0 Å². The first-order valence-electron chi connectivity index (χ1n) is 9.54. The smallest absolute Gasteiger partial charge is 0.411 e. The van der Waals surface area contributed by atoms with Crippen LogP contribution in [0.3, 0.4) is 0 Å². The third kappa shape index (κ3) is 6.09. The fourth-order valence-corrected chi connectivity index (χ4v) is 4.48. The molecule has 0 saturated carbocycles. The number of benzene rings is 1. The van der Waals surface area contributed by atoms with Gasteiger partial charge in [0.2, 0.25) is 5.91 Å². The third-order valence-corrected chi connectivity index (χ3v) is 5.45. The molecule has 0 spiro atoms. The summed E-state index contributed by atoms with van der Waals surface area (Å²) in [5.74, 6) is 0.323. The number of alkyl halides is 1. The average Bonchev–Trinajstić information content (AvgIpc) is 2.55. The first-order chi connectivity index (χ1) is 12.6. The van der Waals surface area contributed by atoms with E-state index >= 15 is 0 Å². The number of nitrogens with one attached hydrogen (secondary N) is 1. The molecule has 27 heavy (non-hydrogen) atoms. The van der Waals surface area contributed by atoms with Gasteiger partial charge in [-0.3, -0.25) is 9.69 Å². The molecule has 150 valence electrons. The summed E-state index contributed by atoms with van der Waals surface area (Å²) < 4.78 is 6.42. The van der Waals surface area contributed by atoms with Gasteiger partial charge >= 0.3 is 6.09 Å². The van der Waals surface area contributed by atoms with Crippen molar-refractivity contribution in [3.63, 3.8) is 0 Å². The van der Waals surface area contributed by atoms with Crippen molar-refractivity contribution >= 4 is 34.6 Å². The monoisotopic (exact) mass is 486 g/mol. The number of halogens is 1. The molecule has 1 saturated heterocycles. The Balaban J connectivity index is 2.36. The molecule has 1 aliphatic heterocycles. The molecule has 1 aromatic rings. The maximum atomic E-state index is 13.1. The first kappa shape index (κ1) is 22.0. The molecule has 0 aliphatic carbocycles. The van der Waals surface area contributed by atoms with E-state index in [1.54, 1.807) is 4.90 Å². The molecule has 1 N–H and O–H groups in total. The van der Waals surface area contributed by atoms with Gasteiger partial charge in [0.1, 0.15) is 11.6 Å². The number of carbonyl (C=O) groups excluding carboxylic acids is 2. The number of hydrogen-bond acceptors (Lipinski definition) is 3. The molecule has 1 aromatic carbocycles. The van der Waals surface area contributed by atoms with E-state index in [9.17, 15) is 9.59 Å². The Morgan fingerprint density at radius 3 is 2.41 bits per heavy atom. The second-order valence-electron chi connectivity index (χ2n) is 8.56. The van der Waals surface area contributed by atoms with Crippen molar-refractivity contribution in [1.82, 2.24) is 10.2 Å². The van der Waals surface area contributed by atoms with Gasteiger partial charge in [-0.25, -0.2) is 4.79 Å². The SMILES string of the molecule is CC(C)C[C@@H]1NC(=O)[C@H](Cc2ccccc2)N(C(=O)OC(C)(C)C)[C@@H]1CI. The van der Waals surface area contributed by atoms with Crippen LogP contribution in [0, 0.1) is 5.92 Å². The van der Waals surface area contributed by atoms with Crippen LogP contribution in [0.1, 0.15) is 46.6 Å². The molecule has 2 rings (SSSR count). The maximum absolute atomic E-state index is 13.1. The molecule has 3 atom stereocenters. The molecule has 0 unspecified atom stereocenters. The van der Waals surface area contributed by atoms with Gasteiger partial charge in [0.25, 0.3) is 0 Å². The van der Waals surface area contributed by atoms with E-state index in [1.165, 1.54) is 0 Å². The molecular formula is C21H31IN2O3. The summed E-state index contributed by atoms with van der Waals surface area (Å²) in [4.78, 5) is 27.7. The van der Waals surface area contributed by atoms with E-state index in [4.69, 9.17) is 4.74 Å². The van der Waals surface area contributed by atoms with Crippen molar-refractivity contribution in [2.45, 2.75) is 71.2 Å². The fourth-order valence-electron chi connectivity index (χ4n) is 3.44. The van der Waals surface area contributed by atoms with Crippen LogP contribution < -0.4 is 5.32 Å². The highest BCUT2D eigenvalue weighted by Gasteiger charge is 2.45. The Morgan fingerprint density at radius 2 is 1.89 bits per heavy atom. The van der Waals surface area contributed by atoms with Crippen LogP contribution >= 0.6 is 22.6 Å². The lowest BCUT2D eigenvalue weighted by Gasteiger charge is -2.46. The van der Waals surface area contributed by atoms with E-state index < -0.39 is 17.7 Å². The molecular weight excluding hydrogens is 455 g/mol. The number of hydrogen-bond donors (Lipinski definition) is 1. The van der Waals surface area contributed by atoms with Crippen LogP contribution in [0.2, 0.25) is 0 Å². The summed E-state index contributed by atoms with van der Waals surface area (Å²) in [6.45, 7) is 9.82. The zero-order chi connectivity index (χ0) is 20.2. The lowest BCUT2D eigenvalue weighted by atomic mass is 9.91. The van der Waals surface area contributed by atoms with Gasteiger partial charge in [-0.05, 0) is 38.7 Å². The molecule has 2 amide bonds. The topological polar surface area (TPSA) is 58.6 Å². The predicted molar refractivity (Wildman–Crippen MR) is 116 cm³/mol. The Kier molecular flexibility index (Phi) is 7.54. The van der Waals surface area contributed by atoms with Crippen molar-refractivity contribution in [3.8, 4) is 0 Å². The number of rotatable bonds is 5. The quantitative estimate of drug-likeness (QED) is 0.502. The second kappa shape index (κ2) is 9.26. The summed E-state index contributed by atoms with van der Waals surface area (Å²) in [5.41, 5.74) is 0.423. The highest BCUT2D eigenvalue weighted by atomic mass is 127. The fraction of sp³-hybridized carbons (Fsp3) is 0.619. The number of ether oxygens (including phenoxy) is 1. The molecule has 1 aliphatic rings. The minimum absolute atomic E-state index is 0.0612. The van der Waals surface area contributed by atoms with Crippen molar-refractivity contribution < 1.29 is 14.3 Å². The zero-order valence-electron chi connectivity index (χ0n) is 16.9. The lowest BCUT2D eigenvalue weighted by molar-refractivity contribution is -0.133. The van der Waals surface area contributed by atoms with Crippen LogP contribution in [0.5, 0.6) is 0 Å². The van der Waals surface area contributed by atoms with Gasteiger partial charge in [0, 0.05) is 10.8 Å². The van der Waals surface area contributed by atoms with Gasteiger partial charge in [-0.15, -0.1) is 0 Å². The van der Waals surface area contributed by atoms with E-state index in [2.05, 4.69) is 41.8 Å². The Bertz CT molecular complexity index is 643. The normalized spacial score (nSPS) is 23.3. The molecule has 0 aromatic heterocycles. The molecule has 6 heteroatoms. The van der Waals surface area contributed by atoms with Crippen molar-refractivity contribution in [2.24, 2.45) is 5.92 Å². The second-order valence-corrected chi connectivity index (χ2v) is 9.44. The largest absolute Gasteiger partial charge is 0.444 e. The summed E-state index contributed by atoms with van der Waals surface area (Å²) in [6.07, 6.45) is 0.901. The molecule has 1 fully saturated rings. The molecule has 0 radical (unpaired) electrons. The Labute approximate surface area is 176 Å². The van der Waals surface area contributed by atoms with Gasteiger partial charge in [-0.1, -0.05) is 66.8 Å². The van der Waals surface area contributed by atoms with Crippen molar-refractivity contribution in [1.29, 1.82) is 0 Å². The van der Waals surface area contributed by atoms with Crippen molar-refractivity contribution in [3.05, 3.63) is 35.9 Å². The summed E-state index contributed by atoms with van der Waals surface area (Å²) >= 11 is 2.30. The predicted octanol–water partition coefficient (Wildman–Crippen LogP) is 4.18. The highest BCUT2D eigenvalue weighted by molar-refractivity contribution is 14.1. The van der Waals surface area contributed by atoms with Crippen LogP contribution in [0.25, 0.3) is 0 Å². The minimum atomic E-state index is -0.605. The molecule has 1 heterocycles. The van der Waals surface area contributed by atoms with Gasteiger partial charge < -0.3 is 10.1 Å². The third-order valence-electron chi connectivity index (χ3n) is 4.55. The maximum Gasteiger partial charge on any atom is 0.411 e. The lowest BCUT2D eigenvalue weighted by Crippen LogP contribution is -2.68. The number of piperazine rings is 1. The summed E-state index contributed by atoms with van der Waals surface area (Å²) in [7, 11) is 0. The Hall–Kier alpha value is -1.31. The number of carbonyl (C=O) groups is 2. The van der Waals surface area contributed by atoms with E-state index in [1.807, 2.05) is 51.1 Å². The standard InChI is InChI=1S/C21H31IN2O3/c1-14(2)11-16-18(13-22)24(20(26)27-21(3,4)5)17(19(25)23-16)12-15-9-7-6-8-10-15/h6-10,14,16-18H,11-13H2,1-5H3,(H,23,25)/t16-,17-,18+/m0/s1. The van der Waals surface area contributed by atoms with Crippen LogP contribution in [-0.4, -0.2) is 45.1 Å². The van der Waals surface area contributed by atoms with E-state index in [0.717, 1.165) is 16.4 Å². The number of amides is 2. The highest BCUT2D eigenvalue weighted by Crippen LogP contribution is 2.26. The van der Waals surface area contributed by atoms with E-state index in [-0.39, 0.29) is 18.0 Å². The molecule has 5 nitrogen and oxygen atoms in total. The van der Waals surface area contributed by atoms with Crippen LogP contribution in [0.4, 0.5) is 4.79 Å². The molecule has 0 bridgehead atoms. The van der Waals surface area contributed by atoms with Gasteiger partial charge in [0.05, 0.1) is 12.1 Å². The van der Waals surface area contributed by atoms with Crippen molar-refractivity contribution in [2.75, 3.05) is 4.43 Å². The van der Waals surface area contributed by atoms with Gasteiger partial charge in [0.15, 0.2) is 0 Å². The summed E-state index contributed by atoms with van der Waals surface area (Å²) in [6, 6.07) is 9.10. The minimum Gasteiger partial charge on any atom is -0.444 e.